The largest absolute Gasteiger partial charge is 0.346 e. The number of amides is 3. The SMILES string of the molecule is CCC[C@H](NC(=O)C[C@@H]1C[C@@H](S(=O)(=O)c2ccccc2Cl)CN1C(=O)C1(c2ccc(Cl)cc2)CC1)C(=O)C(=O)NCc1ccccc1. The average molecular weight is 699 g/mol. The Bertz CT molecular complexity index is 1750. The van der Waals surface area contributed by atoms with E-state index in [1.807, 2.05) is 37.3 Å². The van der Waals surface area contributed by atoms with Crippen LogP contribution in [0.25, 0.3) is 0 Å². The van der Waals surface area contributed by atoms with E-state index in [9.17, 15) is 27.6 Å². The third kappa shape index (κ3) is 7.71. The van der Waals surface area contributed by atoms with E-state index in [0.29, 0.717) is 24.3 Å². The van der Waals surface area contributed by atoms with E-state index in [1.165, 1.54) is 17.0 Å². The van der Waals surface area contributed by atoms with Crippen molar-refractivity contribution in [1.29, 1.82) is 0 Å². The predicted molar refractivity (Wildman–Crippen MR) is 180 cm³/mol. The van der Waals surface area contributed by atoms with Crippen molar-refractivity contribution in [3.05, 3.63) is 100 Å². The summed E-state index contributed by atoms with van der Waals surface area (Å²) >= 11 is 12.4. The summed E-state index contributed by atoms with van der Waals surface area (Å²) in [4.78, 5) is 55.0. The van der Waals surface area contributed by atoms with Crippen LogP contribution in [0.4, 0.5) is 0 Å². The maximum Gasteiger partial charge on any atom is 0.289 e. The van der Waals surface area contributed by atoms with E-state index in [0.717, 1.165) is 11.1 Å². The Balaban J connectivity index is 1.34. The van der Waals surface area contributed by atoms with Gasteiger partial charge in [0.1, 0.15) is 0 Å². The van der Waals surface area contributed by atoms with Crippen molar-refractivity contribution in [2.75, 3.05) is 6.54 Å². The Morgan fingerprint density at radius 2 is 1.60 bits per heavy atom. The molecule has 1 saturated carbocycles. The molecule has 0 radical (unpaired) electrons. The topological polar surface area (TPSA) is 130 Å². The summed E-state index contributed by atoms with van der Waals surface area (Å²) in [5.74, 6) is -2.39. The molecule has 3 aromatic carbocycles. The Hall–Kier alpha value is -3.73. The number of carbonyl (C=O) groups excluding carboxylic acids is 4. The number of rotatable bonds is 13. The first-order valence-corrected chi connectivity index (χ1v) is 18.0. The van der Waals surface area contributed by atoms with Crippen molar-refractivity contribution in [2.24, 2.45) is 0 Å². The molecule has 1 heterocycles. The third-order valence-electron chi connectivity index (χ3n) is 8.94. The molecule has 12 heteroatoms. The van der Waals surface area contributed by atoms with Crippen molar-refractivity contribution in [3.8, 4) is 0 Å². The molecule has 1 aliphatic carbocycles. The molecule has 0 bridgehead atoms. The molecule has 0 unspecified atom stereocenters. The lowest BCUT2D eigenvalue weighted by atomic mass is 9.93. The Labute approximate surface area is 284 Å². The molecule has 3 aromatic rings. The second kappa shape index (κ2) is 14.6. The number of hydrogen-bond acceptors (Lipinski definition) is 6. The van der Waals surface area contributed by atoms with E-state index < -0.39 is 50.2 Å². The first-order chi connectivity index (χ1) is 22.5. The van der Waals surface area contributed by atoms with Crippen LogP contribution >= 0.6 is 23.2 Å². The van der Waals surface area contributed by atoms with E-state index in [2.05, 4.69) is 10.6 Å². The minimum Gasteiger partial charge on any atom is -0.346 e. The second-order valence-corrected chi connectivity index (χ2v) is 15.2. The summed E-state index contributed by atoms with van der Waals surface area (Å²) in [6.07, 6.45) is 1.69. The van der Waals surface area contributed by atoms with E-state index >= 15 is 0 Å². The van der Waals surface area contributed by atoms with E-state index in [-0.39, 0.29) is 48.2 Å². The van der Waals surface area contributed by atoms with Crippen LogP contribution in [0.5, 0.6) is 0 Å². The van der Waals surface area contributed by atoms with Gasteiger partial charge < -0.3 is 15.5 Å². The molecule has 5 rings (SSSR count). The lowest BCUT2D eigenvalue weighted by Gasteiger charge is -2.29. The van der Waals surface area contributed by atoms with Crippen molar-refractivity contribution in [1.82, 2.24) is 15.5 Å². The van der Waals surface area contributed by atoms with Gasteiger partial charge in [-0.15, -0.1) is 0 Å². The first-order valence-electron chi connectivity index (χ1n) is 15.7. The van der Waals surface area contributed by atoms with Gasteiger partial charge in [-0.1, -0.05) is 91.1 Å². The van der Waals surface area contributed by atoms with Gasteiger partial charge in [0, 0.05) is 30.6 Å². The Kier molecular flexibility index (Phi) is 10.7. The second-order valence-electron chi connectivity index (χ2n) is 12.2. The van der Waals surface area contributed by atoms with Crippen LogP contribution in [0.15, 0.2) is 83.8 Å². The number of hydrogen-bond donors (Lipinski definition) is 2. The highest BCUT2D eigenvalue weighted by Gasteiger charge is 2.56. The van der Waals surface area contributed by atoms with Crippen LogP contribution in [0, 0.1) is 0 Å². The number of ketones is 1. The zero-order valence-corrected chi connectivity index (χ0v) is 28.3. The maximum absolute atomic E-state index is 14.2. The van der Waals surface area contributed by atoms with Crippen LogP contribution in [0.2, 0.25) is 10.0 Å². The number of halogens is 2. The number of Topliss-reactive ketones (excluding diaryl/α,β-unsaturated/α-hetero) is 1. The molecule has 2 N–H and O–H groups in total. The predicted octanol–water partition coefficient (Wildman–Crippen LogP) is 5.03. The van der Waals surface area contributed by atoms with Crippen LogP contribution < -0.4 is 10.6 Å². The molecular weight excluding hydrogens is 661 g/mol. The van der Waals surface area contributed by atoms with Crippen LogP contribution in [0.1, 0.15) is 56.6 Å². The summed E-state index contributed by atoms with van der Waals surface area (Å²) in [5.41, 5.74) is 0.770. The van der Waals surface area contributed by atoms with Gasteiger partial charge in [0.15, 0.2) is 9.84 Å². The molecule has 47 heavy (non-hydrogen) atoms. The molecule has 3 atom stereocenters. The fraction of sp³-hybridized carbons (Fsp3) is 0.371. The molecule has 248 valence electrons. The molecule has 0 aromatic heterocycles. The van der Waals surface area contributed by atoms with E-state index in [1.54, 1.807) is 36.4 Å². The van der Waals surface area contributed by atoms with Crippen LogP contribution in [-0.4, -0.2) is 60.7 Å². The summed E-state index contributed by atoms with van der Waals surface area (Å²) in [6, 6.07) is 20.5. The molecule has 2 fully saturated rings. The van der Waals surface area contributed by atoms with Gasteiger partial charge in [-0.2, -0.15) is 0 Å². The van der Waals surface area contributed by atoms with Crippen molar-refractivity contribution in [3.63, 3.8) is 0 Å². The van der Waals surface area contributed by atoms with Gasteiger partial charge in [0.25, 0.3) is 5.91 Å². The Morgan fingerprint density at radius 1 is 0.936 bits per heavy atom. The Morgan fingerprint density at radius 3 is 2.23 bits per heavy atom. The summed E-state index contributed by atoms with van der Waals surface area (Å²) in [6.45, 7) is 1.88. The highest BCUT2D eigenvalue weighted by atomic mass is 35.5. The number of benzene rings is 3. The number of nitrogens with one attached hydrogen (secondary N) is 2. The third-order valence-corrected chi connectivity index (χ3v) is 11.8. The minimum atomic E-state index is -3.97. The molecular formula is C35H37Cl2N3O6S. The molecule has 9 nitrogen and oxygen atoms in total. The zero-order valence-electron chi connectivity index (χ0n) is 26.0. The molecule has 3 amide bonds. The quantitative estimate of drug-likeness (QED) is 0.241. The van der Waals surface area contributed by atoms with E-state index in [4.69, 9.17) is 23.2 Å². The molecule has 1 aliphatic heterocycles. The van der Waals surface area contributed by atoms with Gasteiger partial charge in [-0.3, -0.25) is 19.2 Å². The average Bonchev–Trinajstić information content (AvgIpc) is 3.76. The van der Waals surface area contributed by atoms with Crippen molar-refractivity contribution in [2.45, 2.75) is 79.6 Å². The standard InChI is InChI=1S/C35H37Cl2N3O6S/c1-2-8-29(32(42)33(43)38-21-23-9-4-3-5-10-23)39-31(41)20-26-19-27(47(45,46)30-12-7-6-11-28(30)37)22-40(26)34(44)35(17-18-35)24-13-15-25(36)16-14-24/h3-7,9-16,26-27,29H,2,8,17-22H2,1H3,(H,38,43)(H,39,41)/t26-,27+,29-/m0/s1. The first kappa shape index (κ1) is 34.6. The fourth-order valence-corrected chi connectivity index (χ4v) is 8.62. The maximum atomic E-state index is 14.2. The lowest BCUT2D eigenvalue weighted by molar-refractivity contribution is -0.140. The van der Waals surface area contributed by atoms with Crippen LogP contribution in [0.3, 0.4) is 0 Å². The van der Waals surface area contributed by atoms with Gasteiger partial charge in [-0.25, -0.2) is 8.42 Å². The highest BCUT2D eigenvalue weighted by Crippen LogP contribution is 2.51. The van der Waals surface area contributed by atoms with Crippen molar-refractivity contribution >= 4 is 56.5 Å². The van der Waals surface area contributed by atoms with Crippen molar-refractivity contribution < 1.29 is 27.6 Å². The zero-order chi connectivity index (χ0) is 33.8. The molecule has 2 aliphatic rings. The minimum absolute atomic E-state index is 0.00731. The smallest absolute Gasteiger partial charge is 0.289 e. The molecule has 0 spiro atoms. The van der Waals surface area contributed by atoms with Crippen LogP contribution in [-0.2, 0) is 41.0 Å². The lowest BCUT2D eigenvalue weighted by Crippen LogP contribution is -2.49. The van der Waals surface area contributed by atoms with Gasteiger partial charge >= 0.3 is 0 Å². The normalized spacial score (nSPS) is 19.1. The summed E-state index contributed by atoms with van der Waals surface area (Å²) in [5, 5.41) is 4.92. The summed E-state index contributed by atoms with van der Waals surface area (Å²) in [7, 11) is -3.97. The number of nitrogens with zero attached hydrogens (tertiary/aromatic N) is 1. The fourth-order valence-electron chi connectivity index (χ4n) is 6.24. The van der Waals surface area contributed by atoms with Gasteiger partial charge in [0.05, 0.1) is 26.6 Å². The summed E-state index contributed by atoms with van der Waals surface area (Å²) < 4.78 is 27.6. The van der Waals surface area contributed by atoms with Gasteiger partial charge in [0.2, 0.25) is 17.6 Å². The number of likely N-dealkylation sites (tertiary alicyclic amines) is 1. The highest BCUT2D eigenvalue weighted by molar-refractivity contribution is 7.92. The monoisotopic (exact) mass is 697 g/mol. The molecule has 1 saturated heterocycles. The number of carbonyl (C=O) groups is 4. The number of sulfone groups is 1. The van der Waals surface area contributed by atoms with Gasteiger partial charge in [-0.05, 0) is 61.1 Å².